The molecule has 1 aromatic carbocycles. The molecule has 0 aliphatic carbocycles. The van der Waals surface area contributed by atoms with Gasteiger partial charge in [0.15, 0.2) is 5.82 Å². The molecule has 0 aliphatic rings. The van der Waals surface area contributed by atoms with E-state index < -0.39 is 11.4 Å². The highest BCUT2D eigenvalue weighted by atomic mass is 16.1. The maximum Gasteiger partial charge on any atom is 0.237 e. The van der Waals surface area contributed by atoms with Crippen molar-refractivity contribution < 1.29 is 4.79 Å². The largest absolute Gasteiger partial charge is 0.368 e. The molecule has 0 saturated heterocycles. The molecule has 3 N–H and O–H groups in total. The Morgan fingerprint density at radius 1 is 1.37 bits per heavy atom. The van der Waals surface area contributed by atoms with Crippen LogP contribution in [0.1, 0.15) is 19.7 Å². The molecule has 0 fully saturated rings. The van der Waals surface area contributed by atoms with Crippen molar-refractivity contribution in [1.82, 2.24) is 25.5 Å². The van der Waals surface area contributed by atoms with E-state index in [2.05, 4.69) is 20.8 Å². The third-order valence-electron chi connectivity index (χ3n) is 2.84. The van der Waals surface area contributed by atoms with Gasteiger partial charge in [-0.1, -0.05) is 18.2 Å². The smallest absolute Gasteiger partial charge is 0.237 e. The summed E-state index contributed by atoms with van der Waals surface area (Å²) in [6.07, 6.45) is 0. The number of carbonyl (C=O) groups is 1. The SMILES string of the molecule is CC(C)(NCc1nnnn1-c1ccccc1)C(N)=O. The Balaban J connectivity index is 2.16. The van der Waals surface area contributed by atoms with Gasteiger partial charge in [-0.15, -0.1) is 5.10 Å². The standard InChI is InChI=1S/C12H16N6O/c1-12(2,11(13)19)14-8-10-15-16-17-18(10)9-6-4-3-5-7-9/h3-7,14H,8H2,1-2H3,(H2,13,19). The zero-order valence-corrected chi connectivity index (χ0v) is 10.9. The van der Waals surface area contributed by atoms with E-state index in [0.717, 1.165) is 5.69 Å². The second-order valence-electron chi connectivity index (χ2n) is 4.69. The molecule has 0 atom stereocenters. The first-order valence-electron chi connectivity index (χ1n) is 5.88. The Hall–Kier alpha value is -2.28. The number of nitrogens with two attached hydrogens (primary N) is 1. The molecule has 1 aromatic heterocycles. The number of benzene rings is 1. The Morgan fingerprint density at radius 3 is 2.68 bits per heavy atom. The molecular weight excluding hydrogens is 244 g/mol. The van der Waals surface area contributed by atoms with E-state index in [4.69, 9.17) is 5.73 Å². The number of hydrogen-bond donors (Lipinski definition) is 2. The molecule has 7 heteroatoms. The molecule has 100 valence electrons. The molecule has 1 heterocycles. The molecule has 0 bridgehead atoms. The zero-order valence-electron chi connectivity index (χ0n) is 10.9. The first-order valence-corrected chi connectivity index (χ1v) is 5.88. The van der Waals surface area contributed by atoms with E-state index in [1.807, 2.05) is 30.3 Å². The molecule has 0 saturated carbocycles. The van der Waals surface area contributed by atoms with Gasteiger partial charge in [0.2, 0.25) is 5.91 Å². The van der Waals surface area contributed by atoms with E-state index in [1.54, 1.807) is 18.5 Å². The highest BCUT2D eigenvalue weighted by Gasteiger charge is 2.24. The van der Waals surface area contributed by atoms with Crippen LogP contribution in [-0.4, -0.2) is 31.7 Å². The van der Waals surface area contributed by atoms with Gasteiger partial charge in [-0.2, -0.15) is 4.68 Å². The molecule has 2 rings (SSSR count). The number of carbonyl (C=O) groups excluding carboxylic acids is 1. The summed E-state index contributed by atoms with van der Waals surface area (Å²) in [6.45, 7) is 3.77. The second-order valence-corrected chi connectivity index (χ2v) is 4.69. The number of tetrazole rings is 1. The average Bonchev–Trinajstić information content (AvgIpc) is 2.85. The lowest BCUT2D eigenvalue weighted by Gasteiger charge is -2.21. The van der Waals surface area contributed by atoms with Crippen LogP contribution in [0.2, 0.25) is 0 Å². The van der Waals surface area contributed by atoms with Gasteiger partial charge < -0.3 is 5.73 Å². The average molecular weight is 260 g/mol. The highest BCUT2D eigenvalue weighted by molar-refractivity contribution is 5.83. The summed E-state index contributed by atoms with van der Waals surface area (Å²) in [5.74, 6) is 0.187. The van der Waals surface area contributed by atoms with E-state index in [9.17, 15) is 4.79 Å². The van der Waals surface area contributed by atoms with Crippen LogP contribution in [0.5, 0.6) is 0 Å². The van der Waals surface area contributed by atoms with Crippen LogP contribution in [0.3, 0.4) is 0 Å². The van der Waals surface area contributed by atoms with Gasteiger partial charge in [0.25, 0.3) is 0 Å². The number of aromatic nitrogens is 4. The summed E-state index contributed by atoms with van der Waals surface area (Å²) in [5, 5.41) is 14.6. The quantitative estimate of drug-likeness (QED) is 0.789. The summed E-state index contributed by atoms with van der Waals surface area (Å²) in [5.41, 5.74) is 5.35. The molecule has 19 heavy (non-hydrogen) atoms. The molecule has 0 radical (unpaired) electrons. The van der Waals surface area contributed by atoms with Gasteiger partial charge >= 0.3 is 0 Å². The monoisotopic (exact) mass is 260 g/mol. The van der Waals surface area contributed by atoms with Crippen molar-refractivity contribution in [2.24, 2.45) is 5.73 Å². The third kappa shape index (κ3) is 2.94. The van der Waals surface area contributed by atoms with Crippen molar-refractivity contribution in [3.05, 3.63) is 36.2 Å². The Labute approximate surface area is 110 Å². The first-order chi connectivity index (χ1) is 9.00. The second kappa shape index (κ2) is 5.15. The van der Waals surface area contributed by atoms with E-state index in [1.165, 1.54) is 0 Å². The number of nitrogens with zero attached hydrogens (tertiary/aromatic N) is 4. The van der Waals surface area contributed by atoms with Crippen LogP contribution >= 0.6 is 0 Å². The summed E-state index contributed by atoms with van der Waals surface area (Å²) in [4.78, 5) is 11.2. The fourth-order valence-electron chi connectivity index (χ4n) is 1.47. The van der Waals surface area contributed by atoms with Crippen molar-refractivity contribution in [2.75, 3.05) is 0 Å². The van der Waals surface area contributed by atoms with Gasteiger partial charge in [-0.05, 0) is 36.4 Å². The highest BCUT2D eigenvalue weighted by Crippen LogP contribution is 2.08. The topological polar surface area (TPSA) is 98.7 Å². The van der Waals surface area contributed by atoms with Crippen molar-refractivity contribution in [3.8, 4) is 5.69 Å². The number of nitrogens with one attached hydrogen (secondary N) is 1. The minimum atomic E-state index is -0.812. The summed E-state index contributed by atoms with van der Waals surface area (Å²) >= 11 is 0. The molecule has 2 aromatic rings. The first kappa shape index (κ1) is 13.2. The fourth-order valence-corrected chi connectivity index (χ4v) is 1.47. The number of hydrogen-bond acceptors (Lipinski definition) is 5. The minimum Gasteiger partial charge on any atom is -0.368 e. The number of primary amides is 1. The molecular formula is C12H16N6O. The lowest BCUT2D eigenvalue weighted by Crippen LogP contribution is -2.50. The number of amides is 1. The van der Waals surface area contributed by atoms with Crippen molar-refractivity contribution in [1.29, 1.82) is 0 Å². The predicted molar refractivity (Wildman–Crippen MR) is 69.3 cm³/mol. The van der Waals surface area contributed by atoms with E-state index in [0.29, 0.717) is 12.4 Å². The third-order valence-corrected chi connectivity index (χ3v) is 2.84. The van der Waals surface area contributed by atoms with Gasteiger partial charge in [-0.3, -0.25) is 10.1 Å². The minimum absolute atomic E-state index is 0.345. The molecule has 0 aliphatic heterocycles. The van der Waals surface area contributed by atoms with E-state index in [-0.39, 0.29) is 0 Å². The summed E-state index contributed by atoms with van der Waals surface area (Å²) in [7, 11) is 0. The maximum atomic E-state index is 11.2. The molecule has 0 unspecified atom stereocenters. The van der Waals surface area contributed by atoms with E-state index >= 15 is 0 Å². The maximum absolute atomic E-state index is 11.2. The number of rotatable bonds is 5. The predicted octanol–water partition coefficient (Wildman–Crippen LogP) is 0.0158. The van der Waals surface area contributed by atoms with Crippen LogP contribution in [0.4, 0.5) is 0 Å². The van der Waals surface area contributed by atoms with Crippen LogP contribution in [0, 0.1) is 0 Å². The Bertz CT molecular complexity index is 563. The van der Waals surface area contributed by atoms with Crippen molar-refractivity contribution >= 4 is 5.91 Å². The van der Waals surface area contributed by atoms with Crippen molar-refractivity contribution in [3.63, 3.8) is 0 Å². The summed E-state index contributed by atoms with van der Waals surface area (Å²) < 4.78 is 1.62. The Morgan fingerprint density at radius 2 is 2.05 bits per heavy atom. The molecule has 0 spiro atoms. The lowest BCUT2D eigenvalue weighted by molar-refractivity contribution is -0.123. The zero-order chi connectivity index (χ0) is 13.9. The number of para-hydroxylation sites is 1. The van der Waals surface area contributed by atoms with Crippen LogP contribution in [-0.2, 0) is 11.3 Å². The molecule has 1 amide bonds. The van der Waals surface area contributed by atoms with Crippen molar-refractivity contribution in [2.45, 2.75) is 25.9 Å². The van der Waals surface area contributed by atoms with Crippen LogP contribution < -0.4 is 11.1 Å². The van der Waals surface area contributed by atoms with Gasteiger partial charge in [0, 0.05) is 0 Å². The fraction of sp³-hybridized carbons (Fsp3) is 0.333. The van der Waals surface area contributed by atoms with Crippen LogP contribution in [0.15, 0.2) is 30.3 Å². The van der Waals surface area contributed by atoms with Gasteiger partial charge in [0.1, 0.15) is 0 Å². The van der Waals surface area contributed by atoms with Gasteiger partial charge in [-0.25, -0.2) is 0 Å². The summed E-state index contributed by atoms with van der Waals surface area (Å²) in [6, 6.07) is 9.53. The normalized spacial score (nSPS) is 11.5. The van der Waals surface area contributed by atoms with Gasteiger partial charge in [0.05, 0.1) is 17.8 Å². The molecule has 7 nitrogen and oxygen atoms in total. The van der Waals surface area contributed by atoms with Crippen LogP contribution in [0.25, 0.3) is 5.69 Å². The Kier molecular flexibility index (Phi) is 3.57. The lowest BCUT2D eigenvalue weighted by atomic mass is 10.1.